The highest BCUT2D eigenvalue weighted by atomic mass is 16.6. The Hall–Kier alpha value is -2.63. The number of hydrogen-bond acceptors (Lipinski definition) is 5. The molecule has 6 nitrogen and oxygen atoms in total. The van der Waals surface area contributed by atoms with E-state index in [0.29, 0.717) is 12.3 Å². The van der Waals surface area contributed by atoms with Crippen LogP contribution >= 0.6 is 0 Å². The number of aromatic amines is 1. The molecule has 0 radical (unpaired) electrons. The SMILES string of the molecule is CC(=O)/C=C/c1c[nH]c2ncc(N3CC(CC(=O)OC(C)(C)C)C3)cc12. The lowest BCUT2D eigenvalue weighted by atomic mass is 9.95. The van der Waals surface area contributed by atoms with Crippen molar-refractivity contribution >= 4 is 34.5 Å². The van der Waals surface area contributed by atoms with Crippen LogP contribution in [0.3, 0.4) is 0 Å². The van der Waals surface area contributed by atoms with Crippen LogP contribution in [0.2, 0.25) is 0 Å². The van der Waals surface area contributed by atoms with Gasteiger partial charge in [0.1, 0.15) is 11.2 Å². The fourth-order valence-corrected chi connectivity index (χ4v) is 3.06. The first-order valence-electron chi connectivity index (χ1n) is 8.84. The van der Waals surface area contributed by atoms with Crippen molar-refractivity contribution in [3.05, 3.63) is 30.1 Å². The Morgan fingerprint density at radius 3 is 2.77 bits per heavy atom. The van der Waals surface area contributed by atoms with Crippen molar-refractivity contribution in [3.8, 4) is 0 Å². The van der Waals surface area contributed by atoms with Gasteiger partial charge in [0.25, 0.3) is 0 Å². The second-order valence-corrected chi connectivity index (χ2v) is 7.84. The fourth-order valence-electron chi connectivity index (χ4n) is 3.06. The van der Waals surface area contributed by atoms with Gasteiger partial charge < -0.3 is 14.6 Å². The predicted molar refractivity (Wildman–Crippen MR) is 102 cm³/mol. The second kappa shape index (κ2) is 6.94. The largest absolute Gasteiger partial charge is 0.460 e. The molecule has 0 aliphatic carbocycles. The molecule has 0 saturated carbocycles. The van der Waals surface area contributed by atoms with Gasteiger partial charge in [-0.2, -0.15) is 0 Å². The molecule has 2 aromatic rings. The van der Waals surface area contributed by atoms with Crippen molar-refractivity contribution in [3.63, 3.8) is 0 Å². The second-order valence-electron chi connectivity index (χ2n) is 7.84. The Balaban J connectivity index is 1.64. The number of nitrogens with zero attached hydrogens (tertiary/aromatic N) is 2. The van der Waals surface area contributed by atoms with Crippen molar-refractivity contribution in [2.45, 2.75) is 39.7 Å². The van der Waals surface area contributed by atoms with Crippen LogP contribution in [0.1, 0.15) is 39.7 Å². The number of ketones is 1. The van der Waals surface area contributed by atoms with Gasteiger partial charge in [-0.05, 0) is 45.9 Å². The molecule has 0 unspecified atom stereocenters. The molecule has 1 saturated heterocycles. The summed E-state index contributed by atoms with van der Waals surface area (Å²) in [5.74, 6) is 0.179. The quantitative estimate of drug-likeness (QED) is 0.658. The van der Waals surface area contributed by atoms with E-state index in [1.807, 2.05) is 33.2 Å². The fraction of sp³-hybridized carbons (Fsp3) is 0.450. The number of anilines is 1. The first kappa shape index (κ1) is 18.2. The molecule has 0 spiro atoms. The summed E-state index contributed by atoms with van der Waals surface area (Å²) in [6.07, 6.45) is 7.48. The van der Waals surface area contributed by atoms with Crippen LogP contribution in [0.5, 0.6) is 0 Å². The van der Waals surface area contributed by atoms with Crippen molar-refractivity contribution in [1.29, 1.82) is 0 Å². The van der Waals surface area contributed by atoms with Crippen molar-refractivity contribution in [2.75, 3.05) is 18.0 Å². The van der Waals surface area contributed by atoms with E-state index in [-0.39, 0.29) is 11.8 Å². The number of rotatable bonds is 5. The van der Waals surface area contributed by atoms with E-state index < -0.39 is 5.60 Å². The van der Waals surface area contributed by atoms with E-state index in [1.165, 1.54) is 6.92 Å². The molecule has 0 atom stereocenters. The minimum Gasteiger partial charge on any atom is -0.460 e. The van der Waals surface area contributed by atoms with Gasteiger partial charge in [-0.3, -0.25) is 9.59 Å². The maximum Gasteiger partial charge on any atom is 0.306 e. The van der Waals surface area contributed by atoms with Gasteiger partial charge >= 0.3 is 5.97 Å². The zero-order valence-corrected chi connectivity index (χ0v) is 15.7. The molecule has 138 valence electrons. The van der Waals surface area contributed by atoms with Gasteiger partial charge in [0.2, 0.25) is 0 Å². The van der Waals surface area contributed by atoms with Crippen LogP contribution in [0.15, 0.2) is 24.5 Å². The van der Waals surface area contributed by atoms with Crippen molar-refractivity contribution in [2.24, 2.45) is 5.92 Å². The zero-order chi connectivity index (χ0) is 18.9. The molecule has 0 bridgehead atoms. The van der Waals surface area contributed by atoms with Gasteiger partial charge in [-0.15, -0.1) is 0 Å². The molecular formula is C20H25N3O3. The average molecular weight is 355 g/mol. The number of nitrogens with one attached hydrogen (secondary N) is 1. The highest BCUT2D eigenvalue weighted by molar-refractivity contribution is 5.96. The van der Waals surface area contributed by atoms with E-state index in [4.69, 9.17) is 4.74 Å². The van der Waals surface area contributed by atoms with Crippen LogP contribution < -0.4 is 4.90 Å². The summed E-state index contributed by atoms with van der Waals surface area (Å²) in [6.45, 7) is 8.81. The number of pyridine rings is 1. The molecule has 3 rings (SSSR count). The number of carbonyl (C=O) groups excluding carboxylic acids is 2. The number of allylic oxidation sites excluding steroid dienone is 1. The molecule has 1 aliphatic heterocycles. The van der Waals surface area contributed by atoms with Crippen LogP contribution in [0, 0.1) is 5.92 Å². The smallest absolute Gasteiger partial charge is 0.306 e. The summed E-state index contributed by atoms with van der Waals surface area (Å²) in [4.78, 5) is 32.9. The number of H-pyrrole nitrogens is 1. The molecule has 6 heteroatoms. The Morgan fingerprint density at radius 2 is 2.12 bits per heavy atom. The Bertz CT molecular complexity index is 855. The minimum absolute atomic E-state index is 0.0104. The van der Waals surface area contributed by atoms with Crippen molar-refractivity contribution < 1.29 is 14.3 Å². The van der Waals surface area contributed by atoms with Gasteiger partial charge in [0.05, 0.1) is 18.3 Å². The summed E-state index contributed by atoms with van der Waals surface area (Å²) in [5, 5.41) is 0.982. The third-order valence-electron chi connectivity index (χ3n) is 4.24. The maximum absolute atomic E-state index is 11.9. The molecule has 0 aromatic carbocycles. The summed E-state index contributed by atoms with van der Waals surface area (Å²) in [5.41, 5.74) is 2.32. The van der Waals surface area contributed by atoms with Gasteiger partial charge in [-0.25, -0.2) is 4.98 Å². The number of ether oxygens (including phenoxy) is 1. The van der Waals surface area contributed by atoms with Gasteiger partial charge in [0, 0.05) is 36.2 Å². The zero-order valence-electron chi connectivity index (χ0n) is 15.7. The number of esters is 1. The van der Waals surface area contributed by atoms with E-state index in [9.17, 15) is 9.59 Å². The maximum atomic E-state index is 11.9. The highest BCUT2D eigenvalue weighted by Gasteiger charge is 2.31. The van der Waals surface area contributed by atoms with Crippen LogP contribution in [0.4, 0.5) is 5.69 Å². The third kappa shape index (κ3) is 4.31. The van der Waals surface area contributed by atoms with Crippen LogP contribution in [-0.2, 0) is 14.3 Å². The summed E-state index contributed by atoms with van der Waals surface area (Å²) in [7, 11) is 0. The predicted octanol–water partition coefficient (Wildman–Crippen LogP) is 3.33. The molecule has 26 heavy (non-hydrogen) atoms. The first-order chi connectivity index (χ1) is 12.2. The third-order valence-corrected chi connectivity index (χ3v) is 4.24. The number of carbonyl (C=O) groups is 2. The summed E-state index contributed by atoms with van der Waals surface area (Å²) >= 11 is 0. The molecule has 2 aromatic heterocycles. The van der Waals surface area contributed by atoms with Crippen LogP contribution in [0.25, 0.3) is 17.1 Å². The van der Waals surface area contributed by atoms with Crippen LogP contribution in [-0.4, -0.2) is 40.4 Å². The lowest BCUT2D eigenvalue weighted by Crippen LogP contribution is -2.48. The van der Waals surface area contributed by atoms with E-state index in [2.05, 4.69) is 20.9 Å². The summed E-state index contributed by atoms with van der Waals surface area (Å²) in [6, 6.07) is 2.07. The highest BCUT2D eigenvalue weighted by Crippen LogP contribution is 2.30. The first-order valence-corrected chi connectivity index (χ1v) is 8.84. The molecule has 0 amide bonds. The molecule has 1 N–H and O–H groups in total. The molecule has 1 fully saturated rings. The van der Waals surface area contributed by atoms with Gasteiger partial charge in [-0.1, -0.05) is 0 Å². The topological polar surface area (TPSA) is 75.3 Å². The average Bonchev–Trinajstić information content (AvgIpc) is 2.88. The Morgan fingerprint density at radius 1 is 1.38 bits per heavy atom. The van der Waals surface area contributed by atoms with Crippen molar-refractivity contribution in [1.82, 2.24) is 9.97 Å². The van der Waals surface area contributed by atoms with E-state index >= 15 is 0 Å². The Kier molecular flexibility index (Phi) is 4.85. The standard InChI is InChI=1S/C20H25N3O3/c1-13(24)5-6-15-9-21-19-17(15)8-16(10-22-19)23-11-14(12-23)7-18(25)26-20(2,3)4/h5-6,8-10,14H,7,11-12H2,1-4H3,(H,21,22)/b6-5+. The number of fused-ring (bicyclic) bond motifs is 1. The summed E-state index contributed by atoms with van der Waals surface area (Å²) < 4.78 is 5.39. The monoisotopic (exact) mass is 355 g/mol. The van der Waals surface area contributed by atoms with E-state index in [1.54, 1.807) is 12.2 Å². The lowest BCUT2D eigenvalue weighted by molar-refractivity contribution is -0.156. The minimum atomic E-state index is -0.437. The van der Waals surface area contributed by atoms with Gasteiger partial charge in [0.15, 0.2) is 5.78 Å². The normalized spacial score (nSPS) is 15.5. The molecular weight excluding hydrogens is 330 g/mol. The molecule has 1 aliphatic rings. The number of aromatic nitrogens is 2. The lowest BCUT2D eigenvalue weighted by Gasteiger charge is -2.40. The Labute approximate surface area is 153 Å². The molecule has 3 heterocycles. The van der Waals surface area contributed by atoms with E-state index in [0.717, 1.165) is 35.4 Å². The number of hydrogen-bond donors (Lipinski definition) is 1.